The van der Waals surface area contributed by atoms with Crippen LogP contribution < -0.4 is 4.74 Å². The first kappa shape index (κ1) is 18.9. The highest BCUT2D eigenvalue weighted by atomic mass is 16.7. The molecule has 1 aromatic rings. The monoisotopic (exact) mass is 344 g/mol. The maximum absolute atomic E-state index is 9.85. The quantitative estimate of drug-likeness (QED) is 0.405. The van der Waals surface area contributed by atoms with Crippen molar-refractivity contribution in [3.63, 3.8) is 0 Å². The van der Waals surface area contributed by atoms with Crippen molar-refractivity contribution in [2.45, 2.75) is 43.5 Å². The van der Waals surface area contributed by atoms with E-state index in [-0.39, 0.29) is 12.4 Å². The molecule has 0 saturated carbocycles. The predicted octanol–water partition coefficient (Wildman–Crippen LogP) is -0.850. The van der Waals surface area contributed by atoms with Crippen molar-refractivity contribution in [1.29, 1.82) is 0 Å². The number of rotatable bonds is 7. The number of aliphatic hydroxyl groups is 4. The minimum atomic E-state index is -1.44. The Balaban J connectivity index is 1.81. The lowest BCUT2D eigenvalue weighted by Gasteiger charge is -2.39. The smallest absolute Gasteiger partial charge is 0.186 e. The van der Waals surface area contributed by atoms with E-state index in [9.17, 15) is 20.4 Å². The van der Waals surface area contributed by atoms with Gasteiger partial charge >= 0.3 is 0 Å². The molecule has 0 aliphatic carbocycles. The molecule has 1 saturated heterocycles. The van der Waals surface area contributed by atoms with Gasteiger partial charge in [0.15, 0.2) is 17.8 Å². The van der Waals surface area contributed by atoms with E-state index in [1.807, 2.05) is 0 Å². The van der Waals surface area contributed by atoms with Gasteiger partial charge in [-0.2, -0.15) is 0 Å². The Kier molecular flexibility index (Phi) is 6.79. The van der Waals surface area contributed by atoms with Crippen LogP contribution in [0.4, 0.5) is 0 Å². The summed E-state index contributed by atoms with van der Waals surface area (Å²) in [4.78, 5) is 0. The molecule has 0 spiro atoms. The van der Waals surface area contributed by atoms with E-state index >= 15 is 0 Å². The topological polar surface area (TPSA) is 129 Å². The Morgan fingerprint density at radius 2 is 1.88 bits per heavy atom. The number of phenolic OH excluding ortho intramolecular Hbond substituents is 1. The van der Waals surface area contributed by atoms with Crippen molar-refractivity contribution >= 4 is 0 Å². The summed E-state index contributed by atoms with van der Waals surface area (Å²) >= 11 is 0. The summed E-state index contributed by atoms with van der Waals surface area (Å²) in [5.41, 5.74) is 0.946. The summed E-state index contributed by atoms with van der Waals surface area (Å²) < 4.78 is 15.7. The van der Waals surface area contributed by atoms with Crippen LogP contribution in [0.2, 0.25) is 0 Å². The van der Waals surface area contributed by atoms with Crippen LogP contribution in [0.15, 0.2) is 18.2 Å². The molecule has 1 aliphatic rings. The van der Waals surface area contributed by atoms with Gasteiger partial charge in [-0.15, -0.1) is 0 Å². The molecular formula is C16H24O8. The van der Waals surface area contributed by atoms with Crippen molar-refractivity contribution in [2.75, 3.05) is 20.3 Å². The Morgan fingerprint density at radius 1 is 1.12 bits per heavy atom. The lowest BCUT2D eigenvalue weighted by atomic mass is 9.99. The van der Waals surface area contributed by atoms with Gasteiger partial charge in [-0.3, -0.25) is 0 Å². The molecule has 8 heteroatoms. The molecule has 0 bridgehead atoms. The van der Waals surface area contributed by atoms with Crippen molar-refractivity contribution in [3.8, 4) is 11.5 Å². The van der Waals surface area contributed by atoms with Gasteiger partial charge in [0.05, 0.1) is 20.3 Å². The largest absolute Gasteiger partial charge is 0.504 e. The molecule has 0 radical (unpaired) electrons. The van der Waals surface area contributed by atoms with Gasteiger partial charge in [-0.1, -0.05) is 6.07 Å². The summed E-state index contributed by atoms with van der Waals surface area (Å²) in [6.07, 6.45) is -5.07. The first-order chi connectivity index (χ1) is 11.5. The van der Waals surface area contributed by atoms with E-state index in [0.717, 1.165) is 5.56 Å². The Morgan fingerprint density at radius 3 is 2.54 bits per heavy atom. The molecule has 136 valence electrons. The van der Waals surface area contributed by atoms with Crippen molar-refractivity contribution in [2.24, 2.45) is 0 Å². The highest BCUT2D eigenvalue weighted by Crippen LogP contribution is 2.27. The zero-order valence-corrected chi connectivity index (χ0v) is 13.4. The molecular weight excluding hydrogens is 320 g/mol. The second-order valence-electron chi connectivity index (χ2n) is 5.68. The minimum Gasteiger partial charge on any atom is -0.504 e. The number of hydrogen-bond acceptors (Lipinski definition) is 8. The van der Waals surface area contributed by atoms with Gasteiger partial charge in [0.1, 0.15) is 24.4 Å². The van der Waals surface area contributed by atoms with E-state index < -0.39 is 37.3 Å². The fourth-order valence-electron chi connectivity index (χ4n) is 2.56. The molecule has 5 atom stereocenters. The van der Waals surface area contributed by atoms with E-state index in [4.69, 9.17) is 19.3 Å². The zero-order chi connectivity index (χ0) is 17.7. The van der Waals surface area contributed by atoms with Crippen LogP contribution in [0.3, 0.4) is 0 Å². The Hall–Kier alpha value is -1.42. The van der Waals surface area contributed by atoms with Crippen LogP contribution in [0.1, 0.15) is 12.0 Å². The maximum Gasteiger partial charge on any atom is 0.186 e. The number of aryl methyl sites for hydroxylation is 1. The molecule has 24 heavy (non-hydrogen) atoms. The molecule has 5 N–H and O–H groups in total. The van der Waals surface area contributed by atoms with Crippen LogP contribution in [0, 0.1) is 0 Å². The summed E-state index contributed by atoms with van der Waals surface area (Å²) in [5.74, 6) is 0.459. The Bertz CT molecular complexity index is 521. The third-order valence-corrected chi connectivity index (χ3v) is 3.98. The molecule has 0 amide bonds. The molecule has 1 aliphatic heterocycles. The number of methoxy groups -OCH3 is 1. The second-order valence-corrected chi connectivity index (χ2v) is 5.68. The average Bonchev–Trinajstić information content (AvgIpc) is 2.59. The molecule has 0 unspecified atom stereocenters. The van der Waals surface area contributed by atoms with Crippen LogP contribution in [0.5, 0.6) is 11.5 Å². The highest BCUT2D eigenvalue weighted by molar-refractivity contribution is 5.41. The highest BCUT2D eigenvalue weighted by Gasteiger charge is 2.43. The van der Waals surface area contributed by atoms with E-state index in [0.29, 0.717) is 18.6 Å². The number of phenols is 1. The fourth-order valence-corrected chi connectivity index (χ4v) is 2.56. The molecule has 1 heterocycles. The van der Waals surface area contributed by atoms with Gasteiger partial charge in [-0.25, -0.2) is 0 Å². The van der Waals surface area contributed by atoms with E-state index in [1.165, 1.54) is 7.11 Å². The van der Waals surface area contributed by atoms with Crippen molar-refractivity contribution in [3.05, 3.63) is 23.8 Å². The fraction of sp³-hybridized carbons (Fsp3) is 0.625. The lowest BCUT2D eigenvalue weighted by Crippen LogP contribution is -2.59. The predicted molar refractivity (Wildman–Crippen MR) is 82.7 cm³/mol. The average molecular weight is 344 g/mol. The van der Waals surface area contributed by atoms with E-state index in [2.05, 4.69) is 0 Å². The van der Waals surface area contributed by atoms with E-state index in [1.54, 1.807) is 18.2 Å². The number of aromatic hydroxyl groups is 1. The number of benzene rings is 1. The second kappa shape index (κ2) is 8.61. The van der Waals surface area contributed by atoms with Crippen LogP contribution in [0.25, 0.3) is 0 Å². The first-order valence-electron chi connectivity index (χ1n) is 7.76. The molecule has 2 rings (SSSR count). The summed E-state index contributed by atoms with van der Waals surface area (Å²) in [6.45, 7) is -0.246. The van der Waals surface area contributed by atoms with Gasteiger partial charge < -0.3 is 39.7 Å². The van der Waals surface area contributed by atoms with Gasteiger partial charge in [-0.05, 0) is 30.5 Å². The minimum absolute atomic E-state index is 0.0684. The lowest BCUT2D eigenvalue weighted by molar-refractivity contribution is -0.301. The SMILES string of the molecule is COc1cc(CCCO[C@@H]2O[C@H](CO)[C@@H](O)[C@H](O)[C@H]2O)ccc1O. The van der Waals surface area contributed by atoms with Crippen LogP contribution in [-0.2, 0) is 15.9 Å². The van der Waals surface area contributed by atoms with Gasteiger partial charge in [0.2, 0.25) is 0 Å². The number of ether oxygens (including phenoxy) is 3. The molecule has 1 aromatic carbocycles. The summed E-state index contributed by atoms with van der Waals surface area (Å²) in [7, 11) is 1.47. The van der Waals surface area contributed by atoms with Crippen LogP contribution >= 0.6 is 0 Å². The first-order valence-corrected chi connectivity index (χ1v) is 7.76. The third-order valence-electron chi connectivity index (χ3n) is 3.98. The molecule has 8 nitrogen and oxygen atoms in total. The summed E-state index contributed by atoms with van der Waals surface area (Å²) in [5, 5.41) is 47.9. The number of hydrogen-bond donors (Lipinski definition) is 5. The normalized spacial score (nSPS) is 30.3. The standard InChI is InChI=1S/C16H24O8/c1-22-11-7-9(4-5-10(11)18)3-2-6-23-16-15(21)14(20)13(19)12(8-17)24-16/h4-5,7,12-21H,2-3,6,8H2,1H3/t12-,13-,14+,15-,16-/m1/s1. The Labute approximate surface area is 139 Å². The van der Waals surface area contributed by atoms with Crippen molar-refractivity contribution in [1.82, 2.24) is 0 Å². The summed E-state index contributed by atoms with van der Waals surface area (Å²) in [6, 6.07) is 5.04. The number of aliphatic hydroxyl groups excluding tert-OH is 4. The van der Waals surface area contributed by atoms with Gasteiger partial charge in [0.25, 0.3) is 0 Å². The third kappa shape index (κ3) is 4.35. The van der Waals surface area contributed by atoms with Crippen LogP contribution in [-0.4, -0.2) is 76.6 Å². The van der Waals surface area contributed by atoms with Crippen molar-refractivity contribution < 1.29 is 39.7 Å². The molecule has 1 fully saturated rings. The maximum atomic E-state index is 9.85. The zero-order valence-electron chi connectivity index (χ0n) is 13.4. The molecule has 0 aromatic heterocycles. The van der Waals surface area contributed by atoms with Gasteiger partial charge in [0, 0.05) is 0 Å².